The number of carbonyl (C=O) groups excluding carboxylic acids is 1. The third kappa shape index (κ3) is 7.62. The van der Waals surface area contributed by atoms with Crippen molar-refractivity contribution in [3.63, 3.8) is 0 Å². The maximum atomic E-state index is 10.5. The SMILES string of the molecule is CCCCOCNC(=O)CCl. The van der Waals surface area contributed by atoms with Crippen LogP contribution in [-0.4, -0.2) is 25.1 Å². The lowest BCUT2D eigenvalue weighted by Crippen LogP contribution is -2.27. The molecule has 0 saturated heterocycles. The minimum absolute atomic E-state index is 0.00284. The third-order valence-corrected chi connectivity index (χ3v) is 1.38. The molecular weight excluding hydrogens is 166 g/mol. The van der Waals surface area contributed by atoms with E-state index in [0.717, 1.165) is 12.8 Å². The second kappa shape index (κ2) is 7.82. The Hall–Kier alpha value is -0.280. The molecule has 0 aliphatic heterocycles. The van der Waals surface area contributed by atoms with Crippen molar-refractivity contribution in [2.45, 2.75) is 19.8 Å². The number of hydrogen-bond donors (Lipinski definition) is 1. The topological polar surface area (TPSA) is 38.3 Å². The van der Waals surface area contributed by atoms with Gasteiger partial charge in [-0.1, -0.05) is 13.3 Å². The van der Waals surface area contributed by atoms with Crippen LogP contribution in [0.3, 0.4) is 0 Å². The van der Waals surface area contributed by atoms with Gasteiger partial charge < -0.3 is 10.1 Å². The van der Waals surface area contributed by atoms with E-state index < -0.39 is 0 Å². The molecule has 0 aliphatic rings. The van der Waals surface area contributed by atoms with Crippen molar-refractivity contribution in [3.05, 3.63) is 0 Å². The lowest BCUT2D eigenvalue weighted by Gasteiger charge is -2.03. The number of alkyl halides is 1. The van der Waals surface area contributed by atoms with E-state index in [4.69, 9.17) is 16.3 Å². The van der Waals surface area contributed by atoms with Gasteiger partial charge in [0.25, 0.3) is 0 Å². The Kier molecular flexibility index (Phi) is 7.62. The molecule has 1 N–H and O–H groups in total. The zero-order chi connectivity index (χ0) is 8.53. The van der Waals surface area contributed by atoms with Crippen LogP contribution in [0, 0.1) is 0 Å². The molecule has 0 aromatic rings. The number of carbonyl (C=O) groups is 1. The molecule has 1 amide bonds. The number of nitrogens with one attached hydrogen (secondary N) is 1. The van der Waals surface area contributed by atoms with E-state index in [9.17, 15) is 4.79 Å². The Morgan fingerprint density at radius 1 is 1.64 bits per heavy atom. The number of ether oxygens (including phenoxy) is 1. The van der Waals surface area contributed by atoms with Gasteiger partial charge in [-0.3, -0.25) is 4.79 Å². The highest BCUT2D eigenvalue weighted by molar-refractivity contribution is 6.27. The first-order valence-electron chi connectivity index (χ1n) is 3.71. The molecule has 0 radical (unpaired) electrons. The van der Waals surface area contributed by atoms with Gasteiger partial charge in [0.05, 0.1) is 0 Å². The van der Waals surface area contributed by atoms with Gasteiger partial charge in [0.2, 0.25) is 5.91 Å². The fraction of sp³-hybridized carbons (Fsp3) is 0.857. The standard InChI is InChI=1S/C7H14ClNO2/c1-2-3-4-11-6-9-7(10)5-8/h2-6H2,1H3,(H,9,10). The summed E-state index contributed by atoms with van der Waals surface area (Å²) in [5.74, 6) is -0.194. The monoisotopic (exact) mass is 179 g/mol. The number of hydrogen-bond acceptors (Lipinski definition) is 2. The lowest BCUT2D eigenvalue weighted by molar-refractivity contribution is -0.120. The minimum atomic E-state index is -0.192. The highest BCUT2D eigenvalue weighted by atomic mass is 35.5. The average molecular weight is 180 g/mol. The van der Waals surface area contributed by atoms with Gasteiger partial charge in [-0.25, -0.2) is 0 Å². The summed E-state index contributed by atoms with van der Waals surface area (Å²) in [5, 5.41) is 2.50. The van der Waals surface area contributed by atoms with Gasteiger partial charge in [-0.2, -0.15) is 0 Å². The van der Waals surface area contributed by atoms with Gasteiger partial charge in [-0.15, -0.1) is 11.6 Å². The predicted molar refractivity (Wildman–Crippen MR) is 44.6 cm³/mol. The normalized spacial score (nSPS) is 9.64. The van der Waals surface area contributed by atoms with E-state index in [2.05, 4.69) is 12.2 Å². The molecule has 0 aromatic carbocycles. The molecule has 3 nitrogen and oxygen atoms in total. The molecule has 66 valence electrons. The number of unbranched alkanes of at least 4 members (excludes halogenated alkanes) is 1. The van der Waals surface area contributed by atoms with Crippen LogP contribution < -0.4 is 5.32 Å². The molecule has 0 rings (SSSR count). The largest absolute Gasteiger partial charge is 0.361 e. The van der Waals surface area contributed by atoms with E-state index in [-0.39, 0.29) is 18.5 Å². The number of rotatable bonds is 6. The zero-order valence-electron chi connectivity index (χ0n) is 6.73. The summed E-state index contributed by atoms with van der Waals surface area (Å²) < 4.78 is 5.06. The second-order valence-electron chi connectivity index (χ2n) is 2.14. The summed E-state index contributed by atoms with van der Waals surface area (Å²) in [6.45, 7) is 3.05. The summed E-state index contributed by atoms with van der Waals surface area (Å²) >= 11 is 5.22. The van der Waals surface area contributed by atoms with Crippen molar-refractivity contribution < 1.29 is 9.53 Å². The average Bonchev–Trinajstić information content (AvgIpc) is 2.04. The van der Waals surface area contributed by atoms with Gasteiger partial charge in [0.15, 0.2) is 0 Å². The lowest BCUT2D eigenvalue weighted by atomic mass is 10.4. The summed E-state index contributed by atoms with van der Waals surface area (Å²) in [5.41, 5.74) is 0. The van der Waals surface area contributed by atoms with Crippen molar-refractivity contribution in [2.75, 3.05) is 19.2 Å². The zero-order valence-corrected chi connectivity index (χ0v) is 7.49. The van der Waals surface area contributed by atoms with Crippen LogP contribution in [0.5, 0.6) is 0 Å². The first kappa shape index (κ1) is 10.7. The summed E-state index contributed by atoms with van der Waals surface area (Å²) in [6.07, 6.45) is 2.13. The van der Waals surface area contributed by atoms with Crippen molar-refractivity contribution in [1.82, 2.24) is 5.32 Å². The molecule has 4 heteroatoms. The van der Waals surface area contributed by atoms with Crippen LogP contribution in [0.1, 0.15) is 19.8 Å². The Bertz CT molecular complexity index is 109. The highest BCUT2D eigenvalue weighted by Crippen LogP contribution is 1.86. The van der Waals surface area contributed by atoms with Crippen molar-refractivity contribution in [2.24, 2.45) is 0 Å². The van der Waals surface area contributed by atoms with Crippen LogP contribution in [0.2, 0.25) is 0 Å². The molecule has 0 bridgehead atoms. The Labute approximate surface area is 72.1 Å². The van der Waals surface area contributed by atoms with Gasteiger partial charge in [0.1, 0.15) is 12.6 Å². The Morgan fingerprint density at radius 2 is 2.36 bits per heavy atom. The second-order valence-corrected chi connectivity index (χ2v) is 2.41. The predicted octanol–water partition coefficient (Wildman–Crippen LogP) is 1.12. The highest BCUT2D eigenvalue weighted by Gasteiger charge is 1.94. The Balaban J connectivity index is 2.95. The molecule has 0 fully saturated rings. The third-order valence-electron chi connectivity index (χ3n) is 1.13. The molecule has 0 heterocycles. The molecular formula is C7H14ClNO2. The summed E-state index contributed by atoms with van der Waals surface area (Å²) in [4.78, 5) is 10.5. The molecule has 0 aliphatic carbocycles. The fourth-order valence-electron chi connectivity index (χ4n) is 0.497. The molecule has 0 spiro atoms. The number of amides is 1. The summed E-state index contributed by atoms with van der Waals surface area (Å²) in [6, 6.07) is 0. The van der Waals surface area contributed by atoms with E-state index in [1.54, 1.807) is 0 Å². The maximum absolute atomic E-state index is 10.5. The molecule has 0 saturated carbocycles. The first-order chi connectivity index (χ1) is 5.31. The quantitative estimate of drug-likeness (QED) is 0.377. The summed E-state index contributed by atoms with van der Waals surface area (Å²) in [7, 11) is 0. The van der Waals surface area contributed by atoms with Crippen molar-refractivity contribution in [3.8, 4) is 0 Å². The molecule has 11 heavy (non-hydrogen) atoms. The molecule has 0 atom stereocenters. The van der Waals surface area contributed by atoms with Crippen LogP contribution in [0.25, 0.3) is 0 Å². The molecule has 0 unspecified atom stereocenters. The smallest absolute Gasteiger partial charge is 0.236 e. The van der Waals surface area contributed by atoms with E-state index >= 15 is 0 Å². The fourth-order valence-corrected chi connectivity index (χ4v) is 0.592. The minimum Gasteiger partial charge on any atom is -0.361 e. The van der Waals surface area contributed by atoms with Crippen molar-refractivity contribution >= 4 is 17.5 Å². The van der Waals surface area contributed by atoms with Crippen molar-refractivity contribution in [1.29, 1.82) is 0 Å². The maximum Gasteiger partial charge on any atom is 0.236 e. The molecule has 0 aromatic heterocycles. The van der Waals surface area contributed by atoms with E-state index in [0.29, 0.717) is 6.61 Å². The van der Waals surface area contributed by atoms with Crippen LogP contribution in [-0.2, 0) is 9.53 Å². The van der Waals surface area contributed by atoms with Crippen LogP contribution in [0.4, 0.5) is 0 Å². The van der Waals surface area contributed by atoms with Gasteiger partial charge in [0, 0.05) is 6.61 Å². The van der Waals surface area contributed by atoms with Gasteiger partial charge in [-0.05, 0) is 6.42 Å². The van der Waals surface area contributed by atoms with E-state index in [1.807, 2.05) is 0 Å². The Morgan fingerprint density at radius 3 is 2.91 bits per heavy atom. The van der Waals surface area contributed by atoms with Gasteiger partial charge >= 0.3 is 0 Å². The van der Waals surface area contributed by atoms with E-state index in [1.165, 1.54) is 0 Å². The number of halogens is 1. The first-order valence-corrected chi connectivity index (χ1v) is 4.25. The van der Waals surface area contributed by atoms with Crippen LogP contribution >= 0.6 is 11.6 Å². The van der Waals surface area contributed by atoms with Crippen LogP contribution in [0.15, 0.2) is 0 Å².